The first-order valence-corrected chi connectivity index (χ1v) is 6.51. The van der Waals surface area contributed by atoms with Crippen molar-refractivity contribution in [2.75, 3.05) is 6.54 Å². The molecule has 88 valence electrons. The van der Waals surface area contributed by atoms with Crippen molar-refractivity contribution < 1.29 is 0 Å². The van der Waals surface area contributed by atoms with Gasteiger partial charge in [0.2, 0.25) is 0 Å². The van der Waals surface area contributed by atoms with E-state index in [1.54, 1.807) is 11.3 Å². The van der Waals surface area contributed by atoms with Gasteiger partial charge in [-0.3, -0.25) is 4.99 Å². The maximum Gasteiger partial charge on any atom is 0.192 e. The average Bonchev–Trinajstić information content (AvgIpc) is 2.83. The van der Waals surface area contributed by atoms with Crippen LogP contribution in [-0.2, 0) is 0 Å². The lowest BCUT2D eigenvalue weighted by atomic mass is 10.1. The molecule has 4 nitrogen and oxygen atoms in total. The number of thiazole rings is 1. The molecule has 0 saturated carbocycles. The fraction of sp³-hybridized carbons (Fsp3) is 0.636. The quantitative estimate of drug-likeness (QED) is 0.875. The van der Waals surface area contributed by atoms with Crippen LogP contribution in [0, 0.1) is 6.92 Å². The summed E-state index contributed by atoms with van der Waals surface area (Å²) in [6.07, 6.45) is 1.07. The number of guanidine groups is 1. The zero-order chi connectivity index (χ0) is 11.7. The van der Waals surface area contributed by atoms with Gasteiger partial charge >= 0.3 is 0 Å². The van der Waals surface area contributed by atoms with Gasteiger partial charge in [0.15, 0.2) is 5.96 Å². The molecule has 1 aliphatic rings. The summed E-state index contributed by atoms with van der Waals surface area (Å²) in [6, 6.07) is 0.651. The van der Waals surface area contributed by atoms with Crippen LogP contribution in [0.15, 0.2) is 10.4 Å². The van der Waals surface area contributed by atoms with Crippen LogP contribution in [0.3, 0.4) is 0 Å². The van der Waals surface area contributed by atoms with E-state index in [2.05, 4.69) is 34.1 Å². The van der Waals surface area contributed by atoms with Crippen LogP contribution in [0.4, 0.5) is 0 Å². The Balaban J connectivity index is 2.23. The monoisotopic (exact) mass is 238 g/mol. The second-order valence-electron chi connectivity index (χ2n) is 4.17. The Morgan fingerprint density at radius 1 is 1.69 bits per heavy atom. The van der Waals surface area contributed by atoms with E-state index in [-0.39, 0.29) is 6.04 Å². The highest BCUT2D eigenvalue weighted by molar-refractivity contribution is 7.09. The molecular weight excluding hydrogens is 220 g/mol. The molecule has 0 fully saturated rings. The van der Waals surface area contributed by atoms with E-state index in [0.717, 1.165) is 23.7 Å². The van der Waals surface area contributed by atoms with E-state index >= 15 is 0 Å². The molecule has 0 saturated heterocycles. The number of nitrogens with zero attached hydrogens (tertiary/aromatic N) is 3. The summed E-state index contributed by atoms with van der Waals surface area (Å²) in [4.78, 5) is 11.1. The third-order valence-corrected chi connectivity index (χ3v) is 3.86. The van der Waals surface area contributed by atoms with Crippen LogP contribution in [-0.4, -0.2) is 28.4 Å². The van der Waals surface area contributed by atoms with Gasteiger partial charge in [0, 0.05) is 11.4 Å². The number of aliphatic imine (C=N–C) groups is 1. The standard InChI is InChI=1S/C11H18N4S/c1-4-7(2)15-10(5-13-11(15)12)9-6-16-8(3)14-9/h6-7,10H,4-5H2,1-3H3,(H2,12,13). The first-order chi connectivity index (χ1) is 7.63. The van der Waals surface area contributed by atoms with Gasteiger partial charge < -0.3 is 10.6 Å². The summed E-state index contributed by atoms with van der Waals surface area (Å²) in [5, 5.41) is 3.22. The predicted octanol–water partition coefficient (Wildman–Crippen LogP) is 1.92. The molecule has 1 aliphatic heterocycles. The number of nitrogens with two attached hydrogens (primary N) is 1. The summed E-state index contributed by atoms with van der Waals surface area (Å²) in [5.74, 6) is 0.657. The van der Waals surface area contributed by atoms with Crippen LogP contribution in [0.1, 0.15) is 37.0 Å². The van der Waals surface area contributed by atoms with E-state index < -0.39 is 0 Å². The summed E-state index contributed by atoms with van der Waals surface area (Å²) in [6.45, 7) is 7.11. The minimum atomic E-state index is 0.236. The molecule has 5 heteroatoms. The Labute approximate surface area is 100 Å². The molecule has 0 amide bonds. The lowest BCUT2D eigenvalue weighted by molar-refractivity contribution is 0.265. The van der Waals surface area contributed by atoms with Crippen molar-refractivity contribution in [1.82, 2.24) is 9.88 Å². The molecule has 2 atom stereocenters. The topological polar surface area (TPSA) is 54.5 Å². The first kappa shape index (κ1) is 11.4. The molecule has 0 radical (unpaired) electrons. The Morgan fingerprint density at radius 3 is 3.00 bits per heavy atom. The number of hydrogen-bond acceptors (Lipinski definition) is 5. The number of hydrogen-bond donors (Lipinski definition) is 1. The van der Waals surface area contributed by atoms with E-state index in [4.69, 9.17) is 5.73 Å². The van der Waals surface area contributed by atoms with Gasteiger partial charge in [-0.1, -0.05) is 6.92 Å². The molecule has 0 aliphatic carbocycles. The van der Waals surface area contributed by atoms with Crippen molar-refractivity contribution in [3.8, 4) is 0 Å². The van der Waals surface area contributed by atoms with Crippen LogP contribution < -0.4 is 5.73 Å². The zero-order valence-corrected chi connectivity index (χ0v) is 10.8. The first-order valence-electron chi connectivity index (χ1n) is 5.63. The lowest BCUT2D eigenvalue weighted by Crippen LogP contribution is -2.42. The third kappa shape index (κ3) is 1.91. The Bertz CT molecular complexity index is 398. The Morgan fingerprint density at radius 2 is 2.44 bits per heavy atom. The van der Waals surface area contributed by atoms with Gasteiger partial charge in [-0.2, -0.15) is 0 Å². The highest BCUT2D eigenvalue weighted by atomic mass is 32.1. The average molecular weight is 238 g/mol. The Kier molecular flexibility index (Phi) is 3.14. The third-order valence-electron chi connectivity index (χ3n) is 3.07. The molecule has 2 unspecified atom stereocenters. The molecule has 2 heterocycles. The molecule has 1 aromatic heterocycles. The van der Waals surface area contributed by atoms with E-state index in [9.17, 15) is 0 Å². The van der Waals surface area contributed by atoms with Crippen molar-refractivity contribution in [3.63, 3.8) is 0 Å². The Hall–Kier alpha value is -1.10. The SMILES string of the molecule is CCC(C)N1C(N)=NCC1c1csc(C)n1. The van der Waals surface area contributed by atoms with Crippen LogP contribution in [0.25, 0.3) is 0 Å². The molecule has 16 heavy (non-hydrogen) atoms. The minimum Gasteiger partial charge on any atom is -0.370 e. The van der Waals surface area contributed by atoms with Gasteiger partial charge in [-0.05, 0) is 20.3 Å². The van der Waals surface area contributed by atoms with Crippen molar-refractivity contribution in [3.05, 3.63) is 16.1 Å². The summed E-state index contributed by atoms with van der Waals surface area (Å²) >= 11 is 1.68. The van der Waals surface area contributed by atoms with Gasteiger partial charge in [0.1, 0.15) is 0 Å². The molecule has 0 bridgehead atoms. The number of aryl methyl sites for hydroxylation is 1. The maximum absolute atomic E-state index is 5.94. The summed E-state index contributed by atoms with van der Waals surface area (Å²) in [5.41, 5.74) is 7.05. The molecule has 2 rings (SSSR count). The number of rotatable bonds is 3. The summed E-state index contributed by atoms with van der Waals surface area (Å²) in [7, 11) is 0. The van der Waals surface area contributed by atoms with Crippen LogP contribution in [0.5, 0.6) is 0 Å². The molecule has 1 aromatic rings. The second-order valence-corrected chi connectivity index (χ2v) is 5.23. The van der Waals surface area contributed by atoms with Gasteiger partial charge in [0.25, 0.3) is 0 Å². The lowest BCUT2D eigenvalue weighted by Gasteiger charge is -2.30. The highest BCUT2D eigenvalue weighted by Gasteiger charge is 2.31. The van der Waals surface area contributed by atoms with E-state index in [0.29, 0.717) is 12.0 Å². The van der Waals surface area contributed by atoms with Crippen LogP contribution in [0.2, 0.25) is 0 Å². The smallest absolute Gasteiger partial charge is 0.192 e. The molecule has 2 N–H and O–H groups in total. The van der Waals surface area contributed by atoms with Gasteiger partial charge in [-0.15, -0.1) is 11.3 Å². The minimum absolute atomic E-state index is 0.236. The molecule has 0 spiro atoms. The van der Waals surface area contributed by atoms with E-state index in [1.807, 2.05) is 6.92 Å². The van der Waals surface area contributed by atoms with Crippen molar-refractivity contribution in [2.45, 2.75) is 39.3 Å². The van der Waals surface area contributed by atoms with Crippen molar-refractivity contribution in [1.29, 1.82) is 0 Å². The van der Waals surface area contributed by atoms with Crippen molar-refractivity contribution in [2.24, 2.45) is 10.7 Å². The van der Waals surface area contributed by atoms with Gasteiger partial charge in [-0.25, -0.2) is 4.98 Å². The second kappa shape index (κ2) is 4.41. The van der Waals surface area contributed by atoms with Crippen LogP contribution >= 0.6 is 11.3 Å². The fourth-order valence-corrected chi connectivity index (χ4v) is 2.67. The maximum atomic E-state index is 5.94. The largest absolute Gasteiger partial charge is 0.370 e. The predicted molar refractivity (Wildman–Crippen MR) is 67.7 cm³/mol. The highest BCUT2D eigenvalue weighted by Crippen LogP contribution is 2.29. The molecular formula is C11H18N4S. The zero-order valence-electron chi connectivity index (χ0n) is 9.97. The fourth-order valence-electron chi connectivity index (χ4n) is 2.01. The number of aromatic nitrogens is 1. The van der Waals surface area contributed by atoms with Gasteiger partial charge in [0.05, 0.1) is 23.3 Å². The van der Waals surface area contributed by atoms with E-state index in [1.165, 1.54) is 0 Å². The van der Waals surface area contributed by atoms with Crippen molar-refractivity contribution >= 4 is 17.3 Å². The normalized spacial score (nSPS) is 22.3. The molecule has 0 aromatic carbocycles. The summed E-state index contributed by atoms with van der Waals surface area (Å²) < 4.78 is 0.